The van der Waals surface area contributed by atoms with Gasteiger partial charge in [0.25, 0.3) is 0 Å². The van der Waals surface area contributed by atoms with E-state index in [4.69, 9.17) is 0 Å². The number of rotatable bonds is 5. The Morgan fingerprint density at radius 1 is 1.29 bits per heavy atom. The van der Waals surface area contributed by atoms with E-state index < -0.39 is 11.7 Å². The number of pyridine rings is 1. The van der Waals surface area contributed by atoms with Crippen molar-refractivity contribution in [2.24, 2.45) is 5.92 Å². The Hall–Kier alpha value is -1.89. The highest BCUT2D eigenvalue weighted by Gasteiger charge is 2.32. The van der Waals surface area contributed by atoms with Crippen LogP contribution >= 0.6 is 0 Å². The minimum atomic E-state index is -4.39. The lowest BCUT2D eigenvalue weighted by Crippen LogP contribution is -2.20. The van der Waals surface area contributed by atoms with Crippen LogP contribution < -0.4 is 5.32 Å². The quantitative estimate of drug-likeness (QED) is 0.922. The van der Waals surface area contributed by atoms with Crippen molar-refractivity contribution in [3.63, 3.8) is 0 Å². The molecule has 0 unspecified atom stereocenters. The summed E-state index contributed by atoms with van der Waals surface area (Å²) in [4.78, 5) is 4.02. The summed E-state index contributed by atoms with van der Waals surface area (Å²) in [5, 5.41) is 7.04. The minimum absolute atomic E-state index is 0.492. The van der Waals surface area contributed by atoms with E-state index >= 15 is 0 Å². The first-order valence-electron chi connectivity index (χ1n) is 6.63. The predicted octanol–water partition coefficient (Wildman–Crippen LogP) is 3.03. The highest BCUT2D eigenvalue weighted by Crippen LogP contribution is 2.29. The van der Waals surface area contributed by atoms with Crippen LogP contribution in [0.2, 0.25) is 0 Å². The van der Waals surface area contributed by atoms with E-state index in [9.17, 15) is 13.2 Å². The highest BCUT2D eigenvalue weighted by atomic mass is 19.4. The van der Waals surface area contributed by atoms with Gasteiger partial charge in [-0.25, -0.2) is 4.68 Å². The Labute approximate surface area is 121 Å². The molecule has 0 spiro atoms. The van der Waals surface area contributed by atoms with Crippen LogP contribution in [0.15, 0.2) is 30.9 Å². The van der Waals surface area contributed by atoms with Crippen molar-refractivity contribution in [1.82, 2.24) is 20.1 Å². The van der Waals surface area contributed by atoms with E-state index in [0.717, 1.165) is 24.5 Å². The largest absolute Gasteiger partial charge is 0.419 e. The molecular formula is C14H17F3N4. The number of aromatic nitrogens is 3. The summed E-state index contributed by atoms with van der Waals surface area (Å²) < 4.78 is 39.1. The SMILES string of the molecule is CC(C)CNCc1cnccc1-n1cc(C(F)(F)F)cn1. The van der Waals surface area contributed by atoms with Crippen molar-refractivity contribution < 1.29 is 13.2 Å². The highest BCUT2D eigenvalue weighted by molar-refractivity contribution is 5.38. The van der Waals surface area contributed by atoms with E-state index in [1.165, 1.54) is 10.9 Å². The van der Waals surface area contributed by atoms with E-state index in [-0.39, 0.29) is 0 Å². The van der Waals surface area contributed by atoms with E-state index in [1.807, 2.05) is 0 Å². The average Bonchev–Trinajstić information content (AvgIpc) is 2.88. The number of hydrogen-bond donors (Lipinski definition) is 1. The van der Waals surface area contributed by atoms with Crippen LogP contribution in [0.3, 0.4) is 0 Å². The molecule has 0 aliphatic carbocycles. The molecule has 0 aromatic carbocycles. The molecule has 0 amide bonds. The molecular weight excluding hydrogens is 281 g/mol. The van der Waals surface area contributed by atoms with Crippen molar-refractivity contribution in [2.75, 3.05) is 6.54 Å². The van der Waals surface area contributed by atoms with Crippen LogP contribution in [0, 0.1) is 5.92 Å². The molecule has 2 aromatic rings. The summed E-state index contributed by atoms with van der Waals surface area (Å²) in [6.07, 6.45) is 0.599. The molecule has 0 atom stereocenters. The smallest absolute Gasteiger partial charge is 0.312 e. The molecule has 2 aromatic heterocycles. The monoisotopic (exact) mass is 298 g/mol. The van der Waals surface area contributed by atoms with Crippen molar-refractivity contribution in [3.8, 4) is 5.69 Å². The maximum absolute atomic E-state index is 12.6. The van der Waals surface area contributed by atoms with Crippen LogP contribution in [0.1, 0.15) is 25.0 Å². The summed E-state index contributed by atoms with van der Waals surface area (Å²) in [5.74, 6) is 0.492. The fourth-order valence-electron chi connectivity index (χ4n) is 1.88. The standard InChI is InChI=1S/C14H17F3N4/c1-10(2)5-19-7-11-6-18-4-3-13(11)21-9-12(8-20-21)14(15,16)17/h3-4,6,8-10,19H,5,7H2,1-2H3. The van der Waals surface area contributed by atoms with Gasteiger partial charge < -0.3 is 5.32 Å². The third-order valence-electron chi connectivity index (χ3n) is 2.90. The second kappa shape index (κ2) is 6.26. The lowest BCUT2D eigenvalue weighted by Gasteiger charge is -2.11. The average molecular weight is 298 g/mol. The Bertz CT molecular complexity index is 590. The molecule has 0 saturated carbocycles. The van der Waals surface area contributed by atoms with Gasteiger partial charge in [-0.1, -0.05) is 13.8 Å². The summed E-state index contributed by atoms with van der Waals surface area (Å²) in [6.45, 7) is 5.52. The van der Waals surface area contributed by atoms with E-state index in [0.29, 0.717) is 18.2 Å². The lowest BCUT2D eigenvalue weighted by molar-refractivity contribution is -0.137. The summed E-state index contributed by atoms with van der Waals surface area (Å²) in [7, 11) is 0. The summed E-state index contributed by atoms with van der Waals surface area (Å²) in [5.41, 5.74) is 0.632. The lowest BCUT2D eigenvalue weighted by atomic mass is 10.2. The van der Waals surface area contributed by atoms with Crippen LogP contribution in [0.5, 0.6) is 0 Å². The maximum Gasteiger partial charge on any atom is 0.419 e. The van der Waals surface area contributed by atoms with Gasteiger partial charge in [0.05, 0.1) is 17.4 Å². The molecule has 21 heavy (non-hydrogen) atoms. The third kappa shape index (κ3) is 4.04. The van der Waals surface area contributed by atoms with Crippen LogP contribution in [-0.2, 0) is 12.7 Å². The van der Waals surface area contributed by atoms with Crippen molar-refractivity contribution in [1.29, 1.82) is 0 Å². The molecule has 7 heteroatoms. The molecule has 0 saturated heterocycles. The molecule has 2 rings (SSSR count). The van der Waals surface area contributed by atoms with Gasteiger partial charge in [0, 0.05) is 30.7 Å². The van der Waals surface area contributed by atoms with Gasteiger partial charge in [-0.05, 0) is 18.5 Å². The van der Waals surface area contributed by atoms with Crippen LogP contribution in [0.4, 0.5) is 13.2 Å². The predicted molar refractivity (Wildman–Crippen MR) is 72.9 cm³/mol. The summed E-state index contributed by atoms with van der Waals surface area (Å²) >= 11 is 0. The molecule has 1 N–H and O–H groups in total. The zero-order valence-corrected chi connectivity index (χ0v) is 11.9. The third-order valence-corrected chi connectivity index (χ3v) is 2.90. The van der Waals surface area contributed by atoms with Crippen molar-refractivity contribution in [2.45, 2.75) is 26.6 Å². The second-order valence-electron chi connectivity index (χ2n) is 5.20. The normalized spacial score (nSPS) is 12.1. The van der Waals surface area contributed by atoms with Gasteiger partial charge in [-0.3, -0.25) is 4.98 Å². The molecule has 2 heterocycles. The van der Waals surface area contributed by atoms with Gasteiger partial charge in [0.2, 0.25) is 0 Å². The summed E-state index contributed by atoms with van der Waals surface area (Å²) in [6, 6.07) is 1.65. The van der Waals surface area contributed by atoms with Crippen LogP contribution in [0.25, 0.3) is 5.69 Å². The first-order valence-corrected chi connectivity index (χ1v) is 6.63. The Morgan fingerprint density at radius 3 is 2.67 bits per heavy atom. The second-order valence-corrected chi connectivity index (χ2v) is 5.20. The Balaban J connectivity index is 2.21. The van der Waals surface area contributed by atoms with Crippen LogP contribution in [-0.4, -0.2) is 21.3 Å². The topological polar surface area (TPSA) is 42.7 Å². The molecule has 0 fully saturated rings. The van der Waals surface area contributed by atoms with E-state index in [2.05, 4.69) is 29.2 Å². The van der Waals surface area contributed by atoms with Crippen molar-refractivity contribution >= 4 is 0 Å². The van der Waals surface area contributed by atoms with E-state index in [1.54, 1.807) is 12.3 Å². The molecule has 0 aliphatic rings. The Morgan fingerprint density at radius 2 is 2.05 bits per heavy atom. The van der Waals surface area contributed by atoms with Gasteiger partial charge in [-0.2, -0.15) is 18.3 Å². The fraction of sp³-hybridized carbons (Fsp3) is 0.429. The minimum Gasteiger partial charge on any atom is -0.312 e. The van der Waals surface area contributed by atoms with Crippen molar-refractivity contribution in [3.05, 3.63) is 42.0 Å². The molecule has 114 valence electrons. The number of alkyl halides is 3. The molecule has 0 radical (unpaired) electrons. The molecule has 4 nitrogen and oxygen atoms in total. The zero-order valence-electron chi connectivity index (χ0n) is 11.9. The van der Waals surface area contributed by atoms with Gasteiger partial charge >= 0.3 is 6.18 Å². The first kappa shape index (κ1) is 15.5. The number of nitrogens with one attached hydrogen (secondary N) is 1. The Kier molecular flexibility index (Phi) is 4.62. The maximum atomic E-state index is 12.6. The number of hydrogen-bond acceptors (Lipinski definition) is 3. The number of nitrogens with zero attached hydrogens (tertiary/aromatic N) is 3. The fourth-order valence-corrected chi connectivity index (χ4v) is 1.88. The number of halogens is 3. The van der Waals surface area contributed by atoms with Gasteiger partial charge in [0.1, 0.15) is 0 Å². The first-order chi connectivity index (χ1) is 9.88. The molecule has 0 aliphatic heterocycles. The zero-order chi connectivity index (χ0) is 15.5. The molecule has 0 bridgehead atoms. The van der Waals surface area contributed by atoms with Gasteiger partial charge in [-0.15, -0.1) is 0 Å². The van der Waals surface area contributed by atoms with Gasteiger partial charge in [0.15, 0.2) is 0 Å².